The molecule has 0 aliphatic rings. The Kier molecular flexibility index (Phi) is 9.14. The van der Waals surface area contributed by atoms with Crippen molar-refractivity contribution in [2.75, 3.05) is 0 Å². The fourth-order valence-electron chi connectivity index (χ4n) is 3.00. The Hall–Kier alpha value is -1.83. The topological polar surface area (TPSA) is 70.7 Å². The summed E-state index contributed by atoms with van der Waals surface area (Å²) in [6.45, 7) is 8.89. The molecule has 1 aromatic rings. The third-order valence-electron chi connectivity index (χ3n) is 4.47. The highest BCUT2D eigenvalue weighted by atomic mass is 16.1. The lowest BCUT2D eigenvalue weighted by molar-refractivity contribution is -0.121. The summed E-state index contributed by atoms with van der Waals surface area (Å²) in [5.41, 5.74) is 3.17. The molecule has 1 amide bonds. The summed E-state index contributed by atoms with van der Waals surface area (Å²) < 4.78 is 1.88. The van der Waals surface area contributed by atoms with E-state index >= 15 is 0 Å². The molecule has 0 aliphatic heterocycles. The molecule has 5 heteroatoms. The molecule has 134 valence electrons. The number of unbranched alkanes of at least 4 members (excludes halogenated alkanes) is 3. The molecule has 24 heavy (non-hydrogen) atoms. The van der Waals surface area contributed by atoms with E-state index in [1.54, 1.807) is 0 Å². The number of aryl methyl sites for hydroxylation is 2. The van der Waals surface area contributed by atoms with Crippen LogP contribution in [0.3, 0.4) is 0 Å². The molecule has 1 unspecified atom stereocenters. The molecule has 1 N–H and O–H groups in total. The molecular weight excluding hydrogens is 300 g/mol. The van der Waals surface area contributed by atoms with E-state index in [0.717, 1.165) is 23.4 Å². The average molecular weight is 332 g/mol. The molecule has 1 heterocycles. The second kappa shape index (κ2) is 10.9. The first-order valence-electron chi connectivity index (χ1n) is 9.18. The molecule has 1 rings (SSSR count). The summed E-state index contributed by atoms with van der Waals surface area (Å²) in [4.78, 5) is 12.1. The van der Waals surface area contributed by atoms with E-state index in [9.17, 15) is 4.79 Å². The van der Waals surface area contributed by atoms with Crippen molar-refractivity contribution in [2.45, 2.75) is 91.6 Å². The number of nitrogens with one attached hydrogen (secondary N) is 1. The maximum Gasteiger partial charge on any atom is 0.220 e. The number of amides is 1. The van der Waals surface area contributed by atoms with Crippen molar-refractivity contribution in [1.82, 2.24) is 15.1 Å². The molecular formula is C19H32N4O. The van der Waals surface area contributed by atoms with E-state index in [0.29, 0.717) is 25.8 Å². The van der Waals surface area contributed by atoms with E-state index in [-0.39, 0.29) is 11.9 Å². The van der Waals surface area contributed by atoms with Gasteiger partial charge in [0.1, 0.15) is 0 Å². The van der Waals surface area contributed by atoms with Crippen LogP contribution in [-0.2, 0) is 17.8 Å². The van der Waals surface area contributed by atoms with Gasteiger partial charge in [0.15, 0.2) is 0 Å². The Morgan fingerprint density at radius 2 is 2.08 bits per heavy atom. The van der Waals surface area contributed by atoms with Crippen molar-refractivity contribution in [1.29, 1.82) is 5.26 Å². The Bertz CT molecular complexity index is 556. The number of hydrogen-bond donors (Lipinski definition) is 1. The monoisotopic (exact) mass is 332 g/mol. The van der Waals surface area contributed by atoms with Gasteiger partial charge in [-0.25, -0.2) is 0 Å². The zero-order valence-corrected chi connectivity index (χ0v) is 15.7. The number of carbonyl (C=O) groups excluding carboxylic acids is 1. The van der Waals surface area contributed by atoms with Gasteiger partial charge in [0.2, 0.25) is 5.91 Å². The third-order valence-corrected chi connectivity index (χ3v) is 4.47. The van der Waals surface area contributed by atoms with Gasteiger partial charge in [-0.1, -0.05) is 32.6 Å². The van der Waals surface area contributed by atoms with E-state index in [4.69, 9.17) is 5.26 Å². The van der Waals surface area contributed by atoms with Crippen LogP contribution >= 0.6 is 0 Å². The summed E-state index contributed by atoms with van der Waals surface area (Å²) in [5, 5.41) is 16.3. The Labute approximate surface area is 146 Å². The average Bonchev–Trinajstić information content (AvgIpc) is 2.81. The number of rotatable bonds is 11. The van der Waals surface area contributed by atoms with Crippen molar-refractivity contribution in [2.24, 2.45) is 0 Å². The van der Waals surface area contributed by atoms with Crippen LogP contribution in [0.15, 0.2) is 0 Å². The zero-order chi connectivity index (χ0) is 17.9. The second-order valence-corrected chi connectivity index (χ2v) is 6.60. The smallest absolute Gasteiger partial charge is 0.220 e. The van der Waals surface area contributed by atoms with Crippen molar-refractivity contribution >= 4 is 5.91 Å². The van der Waals surface area contributed by atoms with E-state index in [1.807, 2.05) is 18.5 Å². The van der Waals surface area contributed by atoms with Crippen molar-refractivity contribution < 1.29 is 4.79 Å². The van der Waals surface area contributed by atoms with Gasteiger partial charge >= 0.3 is 0 Å². The van der Waals surface area contributed by atoms with Crippen LogP contribution in [0.5, 0.6) is 0 Å². The second-order valence-electron chi connectivity index (χ2n) is 6.60. The summed E-state index contributed by atoms with van der Waals surface area (Å²) in [6.07, 6.45) is 7.64. The molecule has 0 aromatic carbocycles. The van der Waals surface area contributed by atoms with Crippen LogP contribution in [0, 0.1) is 25.2 Å². The van der Waals surface area contributed by atoms with Crippen molar-refractivity contribution in [3.05, 3.63) is 17.0 Å². The molecule has 0 bridgehead atoms. The fraction of sp³-hybridized carbons (Fsp3) is 0.737. The van der Waals surface area contributed by atoms with Crippen molar-refractivity contribution in [3.63, 3.8) is 0 Å². The van der Waals surface area contributed by atoms with Gasteiger partial charge in [-0.15, -0.1) is 0 Å². The zero-order valence-electron chi connectivity index (χ0n) is 15.7. The highest BCUT2D eigenvalue weighted by molar-refractivity contribution is 5.76. The minimum Gasteiger partial charge on any atom is -0.354 e. The Balaban J connectivity index is 2.41. The first-order valence-corrected chi connectivity index (χ1v) is 9.18. The van der Waals surface area contributed by atoms with Gasteiger partial charge in [-0.2, -0.15) is 10.4 Å². The molecule has 0 radical (unpaired) electrons. The third kappa shape index (κ3) is 6.74. The van der Waals surface area contributed by atoms with Gasteiger partial charge in [0.25, 0.3) is 0 Å². The number of nitrogens with zero attached hydrogens (tertiary/aromatic N) is 3. The summed E-state index contributed by atoms with van der Waals surface area (Å²) >= 11 is 0. The molecule has 0 saturated carbocycles. The standard InChI is InChI=1S/C19H32N4O/c1-5-6-7-8-10-15(2)21-19(24)12-11-18-16(3)22-23(17(18)4)14-9-13-20/h15H,5-12,14H2,1-4H3,(H,21,24). The summed E-state index contributed by atoms with van der Waals surface area (Å²) in [5.74, 6) is 0.113. The van der Waals surface area contributed by atoms with Gasteiger partial charge in [0.05, 0.1) is 24.7 Å². The Morgan fingerprint density at radius 1 is 1.33 bits per heavy atom. The SMILES string of the molecule is CCCCCCC(C)NC(=O)CCc1c(C)nn(CCC#N)c1C. The minimum absolute atomic E-state index is 0.113. The van der Waals surface area contributed by atoms with Crippen LogP contribution < -0.4 is 5.32 Å². The molecule has 1 atom stereocenters. The lowest BCUT2D eigenvalue weighted by atomic mass is 10.1. The number of nitriles is 1. The molecule has 0 fully saturated rings. The predicted octanol–water partition coefficient (Wildman–Crippen LogP) is 3.82. The van der Waals surface area contributed by atoms with Crippen LogP contribution in [0.25, 0.3) is 0 Å². The maximum atomic E-state index is 12.1. The fourth-order valence-corrected chi connectivity index (χ4v) is 3.00. The number of carbonyl (C=O) groups is 1. The van der Waals surface area contributed by atoms with Gasteiger partial charge < -0.3 is 5.32 Å². The van der Waals surface area contributed by atoms with E-state index < -0.39 is 0 Å². The highest BCUT2D eigenvalue weighted by Gasteiger charge is 2.14. The molecule has 0 spiro atoms. The highest BCUT2D eigenvalue weighted by Crippen LogP contribution is 2.15. The number of hydrogen-bond acceptors (Lipinski definition) is 3. The first-order chi connectivity index (χ1) is 11.5. The van der Waals surface area contributed by atoms with Crippen molar-refractivity contribution in [3.8, 4) is 6.07 Å². The quantitative estimate of drug-likeness (QED) is 0.626. The Morgan fingerprint density at radius 3 is 2.75 bits per heavy atom. The largest absolute Gasteiger partial charge is 0.354 e. The van der Waals surface area contributed by atoms with Crippen LogP contribution in [-0.4, -0.2) is 21.7 Å². The first kappa shape index (κ1) is 20.2. The van der Waals surface area contributed by atoms with Crippen LogP contribution in [0.1, 0.15) is 75.7 Å². The van der Waals surface area contributed by atoms with E-state index in [1.165, 1.54) is 25.7 Å². The van der Waals surface area contributed by atoms with Crippen LogP contribution in [0.4, 0.5) is 0 Å². The van der Waals surface area contributed by atoms with Crippen LogP contribution in [0.2, 0.25) is 0 Å². The lowest BCUT2D eigenvalue weighted by Crippen LogP contribution is -2.32. The van der Waals surface area contributed by atoms with Gasteiger partial charge in [0, 0.05) is 18.2 Å². The van der Waals surface area contributed by atoms with Gasteiger partial charge in [-0.3, -0.25) is 9.48 Å². The molecule has 1 aromatic heterocycles. The predicted molar refractivity (Wildman–Crippen MR) is 96.6 cm³/mol. The molecule has 5 nitrogen and oxygen atoms in total. The minimum atomic E-state index is 0.113. The van der Waals surface area contributed by atoms with E-state index in [2.05, 4.69) is 30.3 Å². The summed E-state index contributed by atoms with van der Waals surface area (Å²) in [6, 6.07) is 2.39. The maximum absolute atomic E-state index is 12.1. The number of aromatic nitrogens is 2. The normalized spacial score (nSPS) is 12.0. The molecule has 0 saturated heterocycles. The van der Waals surface area contributed by atoms with Gasteiger partial charge in [-0.05, 0) is 39.2 Å². The summed E-state index contributed by atoms with van der Waals surface area (Å²) in [7, 11) is 0. The lowest BCUT2D eigenvalue weighted by Gasteiger charge is -2.13. The molecule has 0 aliphatic carbocycles.